The molecule has 3 aliphatic rings. The predicted molar refractivity (Wildman–Crippen MR) is 112 cm³/mol. The lowest BCUT2D eigenvalue weighted by Crippen LogP contribution is -2.68. The van der Waals surface area contributed by atoms with Crippen LogP contribution in [0.25, 0.3) is 0 Å². The third-order valence-corrected chi connectivity index (χ3v) is 6.60. The standard InChI is InChI=1S/C25H30O5/c26-17-21-18-27-24(15-7-13-22(29-24)19-9-3-1-4-10-19)25(28-21)16-8-14-23(30-25)20-11-5-2-6-12-20/h1-6,9-12,21-23,26H,7-8,13-18H2/t21-,22+,23+,24+,25-/m0/s1. The summed E-state index contributed by atoms with van der Waals surface area (Å²) >= 11 is 0. The molecule has 2 aromatic carbocycles. The molecule has 0 unspecified atom stereocenters. The Morgan fingerprint density at radius 1 is 0.733 bits per heavy atom. The van der Waals surface area contributed by atoms with E-state index < -0.39 is 17.7 Å². The fourth-order valence-corrected chi connectivity index (χ4v) is 5.11. The highest BCUT2D eigenvalue weighted by molar-refractivity contribution is 5.20. The first-order valence-corrected chi connectivity index (χ1v) is 11.1. The third-order valence-electron chi connectivity index (χ3n) is 6.60. The molecule has 5 atom stereocenters. The lowest BCUT2D eigenvalue weighted by atomic mass is 9.85. The summed E-state index contributed by atoms with van der Waals surface area (Å²) < 4.78 is 26.3. The van der Waals surface area contributed by atoms with E-state index in [-0.39, 0.29) is 18.8 Å². The summed E-state index contributed by atoms with van der Waals surface area (Å²) in [6, 6.07) is 20.6. The van der Waals surface area contributed by atoms with E-state index >= 15 is 0 Å². The fourth-order valence-electron chi connectivity index (χ4n) is 5.11. The van der Waals surface area contributed by atoms with Crippen molar-refractivity contribution in [2.75, 3.05) is 13.2 Å². The zero-order valence-electron chi connectivity index (χ0n) is 17.2. The van der Waals surface area contributed by atoms with Gasteiger partial charge in [0.2, 0.25) is 11.6 Å². The molecule has 1 N–H and O–H groups in total. The largest absolute Gasteiger partial charge is 0.394 e. The third kappa shape index (κ3) is 3.59. The molecular formula is C25H30O5. The Bertz CT molecular complexity index is 828. The summed E-state index contributed by atoms with van der Waals surface area (Å²) in [6.45, 7) is 0.207. The minimum absolute atomic E-state index is 0.0631. The summed E-state index contributed by atoms with van der Waals surface area (Å²) in [5.74, 6) is -1.99. The molecule has 30 heavy (non-hydrogen) atoms. The smallest absolute Gasteiger partial charge is 0.224 e. The molecule has 2 spiro atoms. The van der Waals surface area contributed by atoms with Crippen molar-refractivity contribution in [3.8, 4) is 0 Å². The monoisotopic (exact) mass is 410 g/mol. The molecule has 5 nitrogen and oxygen atoms in total. The predicted octanol–water partition coefficient (Wildman–Crippen LogP) is 4.67. The Morgan fingerprint density at radius 2 is 1.27 bits per heavy atom. The molecule has 3 aliphatic heterocycles. The number of fused-ring (bicyclic) bond motifs is 1. The molecule has 5 rings (SSSR count). The van der Waals surface area contributed by atoms with Gasteiger partial charge in [0.25, 0.3) is 0 Å². The van der Waals surface area contributed by atoms with E-state index in [9.17, 15) is 5.11 Å². The zero-order valence-corrected chi connectivity index (χ0v) is 17.2. The van der Waals surface area contributed by atoms with Crippen LogP contribution in [0.4, 0.5) is 0 Å². The first-order chi connectivity index (χ1) is 14.7. The van der Waals surface area contributed by atoms with E-state index in [4.69, 9.17) is 18.9 Å². The van der Waals surface area contributed by atoms with Gasteiger partial charge in [-0.05, 0) is 36.8 Å². The molecule has 0 aromatic heterocycles. The number of ether oxygens (including phenoxy) is 4. The average Bonchev–Trinajstić information content (AvgIpc) is 2.82. The van der Waals surface area contributed by atoms with Crippen LogP contribution >= 0.6 is 0 Å². The molecular weight excluding hydrogens is 380 g/mol. The van der Waals surface area contributed by atoms with Crippen LogP contribution in [0, 0.1) is 0 Å². The van der Waals surface area contributed by atoms with E-state index in [1.54, 1.807) is 0 Å². The molecule has 2 aromatic rings. The van der Waals surface area contributed by atoms with E-state index in [1.807, 2.05) is 36.4 Å². The van der Waals surface area contributed by atoms with Crippen LogP contribution in [0.1, 0.15) is 61.9 Å². The molecule has 0 saturated carbocycles. The number of hydrogen-bond acceptors (Lipinski definition) is 5. The topological polar surface area (TPSA) is 57.2 Å². The number of aliphatic hydroxyl groups is 1. The van der Waals surface area contributed by atoms with Crippen molar-refractivity contribution in [3.63, 3.8) is 0 Å². The van der Waals surface area contributed by atoms with Crippen molar-refractivity contribution in [3.05, 3.63) is 71.8 Å². The first kappa shape index (κ1) is 20.2. The van der Waals surface area contributed by atoms with E-state index in [2.05, 4.69) is 24.3 Å². The Balaban J connectivity index is 1.48. The maximum absolute atomic E-state index is 9.80. The van der Waals surface area contributed by atoms with Gasteiger partial charge >= 0.3 is 0 Å². The van der Waals surface area contributed by atoms with E-state index in [1.165, 1.54) is 0 Å². The van der Waals surface area contributed by atoms with Gasteiger partial charge in [-0.25, -0.2) is 0 Å². The van der Waals surface area contributed by atoms with Crippen molar-refractivity contribution in [2.24, 2.45) is 0 Å². The molecule has 0 bridgehead atoms. The highest BCUT2D eigenvalue weighted by atomic mass is 16.8. The number of aliphatic hydroxyl groups excluding tert-OH is 1. The zero-order chi connectivity index (χ0) is 20.4. The molecule has 0 amide bonds. The molecule has 3 fully saturated rings. The fraction of sp³-hybridized carbons (Fsp3) is 0.520. The Labute approximate surface area is 177 Å². The Hall–Kier alpha value is -1.76. The van der Waals surface area contributed by atoms with Gasteiger partial charge < -0.3 is 24.1 Å². The Morgan fingerprint density at radius 3 is 1.83 bits per heavy atom. The molecule has 0 aliphatic carbocycles. The van der Waals surface area contributed by atoms with Crippen LogP contribution < -0.4 is 0 Å². The van der Waals surface area contributed by atoms with Crippen molar-refractivity contribution < 1.29 is 24.1 Å². The van der Waals surface area contributed by atoms with Crippen LogP contribution in [-0.2, 0) is 18.9 Å². The number of benzene rings is 2. The number of hydrogen-bond donors (Lipinski definition) is 1. The van der Waals surface area contributed by atoms with Crippen molar-refractivity contribution in [1.82, 2.24) is 0 Å². The summed E-state index contributed by atoms with van der Waals surface area (Å²) in [4.78, 5) is 0. The Kier molecular flexibility index (Phi) is 5.65. The summed E-state index contributed by atoms with van der Waals surface area (Å²) in [5.41, 5.74) is 2.28. The van der Waals surface area contributed by atoms with Crippen molar-refractivity contribution in [1.29, 1.82) is 0 Å². The quantitative estimate of drug-likeness (QED) is 0.797. The summed E-state index contributed by atoms with van der Waals surface area (Å²) in [6.07, 6.45) is 4.63. The summed E-state index contributed by atoms with van der Waals surface area (Å²) in [5, 5.41) is 9.80. The normalized spacial score (nSPS) is 36.8. The second-order valence-corrected chi connectivity index (χ2v) is 8.56. The van der Waals surface area contributed by atoms with Crippen LogP contribution in [0.15, 0.2) is 60.7 Å². The van der Waals surface area contributed by atoms with Crippen molar-refractivity contribution >= 4 is 0 Å². The van der Waals surface area contributed by atoms with E-state index in [0.29, 0.717) is 13.0 Å². The maximum Gasteiger partial charge on any atom is 0.224 e. The van der Waals surface area contributed by atoms with Crippen molar-refractivity contribution in [2.45, 2.75) is 68.4 Å². The van der Waals surface area contributed by atoms with Crippen LogP contribution in [0.2, 0.25) is 0 Å². The van der Waals surface area contributed by atoms with Crippen LogP contribution in [-0.4, -0.2) is 36.0 Å². The van der Waals surface area contributed by atoms with Gasteiger partial charge in [-0.1, -0.05) is 60.7 Å². The molecule has 160 valence electrons. The van der Waals surface area contributed by atoms with Crippen LogP contribution in [0.5, 0.6) is 0 Å². The SMILES string of the molecule is OC[C@H]1CO[C@@]2(CCC[C@H](c3ccccc3)O2)[C@@]2(CCC[C@H](c3ccccc3)O2)O1. The van der Waals surface area contributed by atoms with Crippen LogP contribution in [0.3, 0.4) is 0 Å². The van der Waals surface area contributed by atoms with Gasteiger partial charge in [0.15, 0.2) is 0 Å². The van der Waals surface area contributed by atoms with Gasteiger partial charge in [-0.15, -0.1) is 0 Å². The highest BCUT2D eigenvalue weighted by Crippen LogP contribution is 2.54. The van der Waals surface area contributed by atoms with E-state index in [0.717, 1.165) is 43.2 Å². The van der Waals surface area contributed by atoms with Gasteiger partial charge in [0.1, 0.15) is 6.10 Å². The number of rotatable bonds is 3. The molecule has 3 saturated heterocycles. The minimum atomic E-state index is -1.02. The molecule has 5 heteroatoms. The van der Waals surface area contributed by atoms with Gasteiger partial charge in [0.05, 0.1) is 25.4 Å². The first-order valence-electron chi connectivity index (χ1n) is 11.1. The molecule has 3 heterocycles. The lowest BCUT2D eigenvalue weighted by Gasteiger charge is -2.58. The lowest BCUT2D eigenvalue weighted by molar-refractivity contribution is -0.484. The van der Waals surface area contributed by atoms with Gasteiger partial charge in [-0.3, -0.25) is 0 Å². The average molecular weight is 411 g/mol. The van der Waals surface area contributed by atoms with Gasteiger partial charge in [0, 0.05) is 12.8 Å². The minimum Gasteiger partial charge on any atom is -0.394 e. The summed E-state index contributed by atoms with van der Waals surface area (Å²) in [7, 11) is 0. The second-order valence-electron chi connectivity index (χ2n) is 8.56. The second kappa shape index (κ2) is 8.40. The van der Waals surface area contributed by atoms with Gasteiger partial charge in [-0.2, -0.15) is 0 Å². The molecule has 0 radical (unpaired) electrons. The highest BCUT2D eigenvalue weighted by Gasteiger charge is 2.63. The maximum atomic E-state index is 9.80.